The van der Waals surface area contributed by atoms with Gasteiger partial charge < -0.3 is 0 Å². The average Bonchev–Trinajstić information content (AvgIpc) is 0.722. The molecular weight excluding hydrogens is 217 g/mol. The SMILES string of the molecule is [O]=[Sb]([O-])([O-])[O-].[PH6+3]. The molecule has 0 heterocycles. The fourth-order valence-electron chi connectivity index (χ4n) is 0. The van der Waals surface area contributed by atoms with Crippen molar-refractivity contribution >= 4 is 30.0 Å². The molecule has 6 heteroatoms. The third-order valence-corrected chi connectivity index (χ3v) is 0. The van der Waals surface area contributed by atoms with Crippen LogP contribution in [0.3, 0.4) is 0 Å². The van der Waals surface area contributed by atoms with Gasteiger partial charge in [-0.15, -0.1) is 0 Å². The van der Waals surface area contributed by atoms with Crippen LogP contribution >= 0.6 is 9.90 Å². The fraction of sp³-hybridized carbons (Fsp3) is 0. The van der Waals surface area contributed by atoms with Gasteiger partial charge in [-0.1, -0.05) is 0 Å². The summed E-state index contributed by atoms with van der Waals surface area (Å²) in [6.45, 7) is 0. The summed E-state index contributed by atoms with van der Waals surface area (Å²) < 4.78 is 34.6. The molecule has 0 aliphatic carbocycles. The average molecular weight is 223 g/mol. The Balaban J connectivity index is 0. The molecule has 0 bridgehead atoms. The molecule has 4 nitrogen and oxygen atoms in total. The minimum Gasteiger partial charge on any atom is -0.295 e. The van der Waals surface area contributed by atoms with Crippen LogP contribution in [0.5, 0.6) is 0 Å². The van der Waals surface area contributed by atoms with Gasteiger partial charge >= 0.3 is 33.2 Å². The predicted molar refractivity (Wildman–Crippen MR) is 21.7 cm³/mol. The Kier molecular flexibility index (Phi) is 5.01. The van der Waals surface area contributed by atoms with Crippen molar-refractivity contribution in [3.05, 3.63) is 0 Å². The first-order valence-electron chi connectivity index (χ1n) is 0.730. The van der Waals surface area contributed by atoms with Gasteiger partial charge in [-0.05, 0) is 0 Å². The standard InChI is InChI=1S/4O.H6P.Sb/h;;;;1H6;/q;3*-1;+3;. The quantitative estimate of drug-likeness (QED) is 0.304. The Labute approximate surface area is 43.5 Å². The molecule has 0 saturated heterocycles. The second-order valence-corrected chi connectivity index (χ2v) is 3.00. The molecule has 0 aliphatic heterocycles. The van der Waals surface area contributed by atoms with Crippen LogP contribution in [0.4, 0.5) is 0 Å². The number of rotatable bonds is 0. The van der Waals surface area contributed by atoms with E-state index >= 15 is 0 Å². The number of hydrogen-bond donors (Lipinski definition) is 0. The minimum atomic E-state index is -6.10. The van der Waals surface area contributed by atoms with Crippen LogP contribution < -0.4 is 10.2 Å². The summed E-state index contributed by atoms with van der Waals surface area (Å²) in [5, 5.41) is 0. The Morgan fingerprint density at radius 2 is 1.17 bits per heavy atom. The molecular formula is H6O4PSb. The summed E-state index contributed by atoms with van der Waals surface area (Å²) in [6, 6.07) is 0. The molecule has 0 spiro atoms. The summed E-state index contributed by atoms with van der Waals surface area (Å²) in [6.07, 6.45) is 0. The Morgan fingerprint density at radius 1 is 1.17 bits per heavy atom. The molecule has 6 heavy (non-hydrogen) atoms. The van der Waals surface area contributed by atoms with E-state index in [4.69, 9.17) is 13.2 Å². The molecule has 0 aliphatic rings. The molecule has 0 radical (unpaired) electrons. The van der Waals surface area contributed by atoms with E-state index in [0.29, 0.717) is 0 Å². The first-order chi connectivity index (χ1) is 2.00. The topological polar surface area (TPSA) is 86.2 Å². The van der Waals surface area contributed by atoms with Crippen molar-refractivity contribution in [2.45, 2.75) is 0 Å². The van der Waals surface area contributed by atoms with Crippen molar-refractivity contribution in [3.8, 4) is 0 Å². The molecule has 0 atom stereocenters. The summed E-state index contributed by atoms with van der Waals surface area (Å²) in [7, 11) is 0. The second kappa shape index (κ2) is 3.00. The summed E-state index contributed by atoms with van der Waals surface area (Å²) in [4.78, 5) is 0. The van der Waals surface area contributed by atoms with Gasteiger partial charge in [0.1, 0.15) is 0 Å². The van der Waals surface area contributed by atoms with E-state index in [0.717, 1.165) is 0 Å². The van der Waals surface area contributed by atoms with Crippen molar-refractivity contribution in [2.24, 2.45) is 0 Å². The maximum absolute atomic E-state index is 8.64. The zero-order chi connectivity index (χ0) is 4.50. The number of hydrogen-bond acceptors (Lipinski definition) is 4. The smallest absolute Gasteiger partial charge is 0.295 e. The molecule has 40 valence electrons. The zero-order valence-electron chi connectivity index (χ0n) is 2.08. The largest absolute Gasteiger partial charge is 0.295 e. The van der Waals surface area contributed by atoms with Gasteiger partial charge in [0.25, 0.3) is 0 Å². The molecule has 0 amide bonds. The monoisotopic (exact) mass is 222 g/mol. The Morgan fingerprint density at radius 3 is 1.17 bits per heavy atom. The molecule has 0 unspecified atom stereocenters. The first-order valence-corrected chi connectivity index (χ1v) is 4.90. The maximum atomic E-state index is 8.64. The van der Waals surface area contributed by atoms with Crippen LogP contribution in [0.1, 0.15) is 0 Å². The van der Waals surface area contributed by atoms with E-state index in [2.05, 4.69) is 0 Å². The normalized spacial score (nSPS) is 9.83. The predicted octanol–water partition coefficient (Wildman–Crippen LogP) is -4.81. The first kappa shape index (κ1) is 10.0. The van der Waals surface area contributed by atoms with Crippen molar-refractivity contribution in [3.63, 3.8) is 0 Å². The van der Waals surface area contributed by atoms with Gasteiger partial charge in [0.15, 0.2) is 0 Å². The zero-order valence-corrected chi connectivity index (χ0v) is 4.63. The van der Waals surface area contributed by atoms with Gasteiger partial charge in [0, 0.05) is 0 Å². The van der Waals surface area contributed by atoms with Gasteiger partial charge in [-0.3, -0.25) is 9.90 Å². The molecule has 0 aromatic heterocycles. The minimum absolute atomic E-state index is 0. The molecule has 0 aromatic rings. The van der Waals surface area contributed by atoms with Crippen molar-refractivity contribution in [1.29, 1.82) is 0 Å². The van der Waals surface area contributed by atoms with Crippen LogP contribution in [0, 0.1) is 0 Å². The van der Waals surface area contributed by atoms with Crippen molar-refractivity contribution < 1.29 is 13.2 Å². The van der Waals surface area contributed by atoms with Crippen LogP contribution in [-0.2, 0) is 3.02 Å². The van der Waals surface area contributed by atoms with Crippen molar-refractivity contribution in [2.75, 3.05) is 0 Å². The van der Waals surface area contributed by atoms with Crippen molar-refractivity contribution in [1.82, 2.24) is 0 Å². The Hall–Kier alpha value is 0.928. The molecule has 0 N–H and O–H groups in total. The molecule has 0 fully saturated rings. The summed E-state index contributed by atoms with van der Waals surface area (Å²) in [5.41, 5.74) is 0. The van der Waals surface area contributed by atoms with Gasteiger partial charge in [0.2, 0.25) is 0 Å². The fourth-order valence-corrected chi connectivity index (χ4v) is 0. The van der Waals surface area contributed by atoms with E-state index in [9.17, 15) is 0 Å². The maximum Gasteiger partial charge on any atom is -0.295 e. The van der Waals surface area contributed by atoms with E-state index in [-0.39, 0.29) is 9.90 Å². The van der Waals surface area contributed by atoms with Crippen LogP contribution in [0.15, 0.2) is 0 Å². The molecule has 0 saturated carbocycles. The van der Waals surface area contributed by atoms with E-state index in [1.165, 1.54) is 0 Å². The van der Waals surface area contributed by atoms with Gasteiger partial charge in [0.05, 0.1) is 0 Å². The van der Waals surface area contributed by atoms with Gasteiger partial charge in [-0.25, -0.2) is 0 Å². The third-order valence-electron chi connectivity index (χ3n) is 0. The van der Waals surface area contributed by atoms with E-state index in [1.54, 1.807) is 0 Å². The van der Waals surface area contributed by atoms with Gasteiger partial charge in [-0.2, -0.15) is 0 Å². The van der Waals surface area contributed by atoms with Crippen LogP contribution in [-0.4, -0.2) is 20.1 Å². The van der Waals surface area contributed by atoms with Crippen LogP contribution in [0.2, 0.25) is 0 Å². The van der Waals surface area contributed by atoms with E-state index < -0.39 is 20.1 Å². The van der Waals surface area contributed by atoms with E-state index in [1.807, 2.05) is 0 Å². The van der Waals surface area contributed by atoms with Crippen LogP contribution in [0.25, 0.3) is 0 Å². The molecule has 0 aromatic carbocycles. The summed E-state index contributed by atoms with van der Waals surface area (Å²) >= 11 is -6.10. The second-order valence-electron chi connectivity index (χ2n) is 0.447. The summed E-state index contributed by atoms with van der Waals surface area (Å²) in [5.74, 6) is 0. The third kappa shape index (κ3) is 88.3. The molecule has 0 rings (SSSR count). The Bertz CT molecular complexity index is 53.7.